The summed E-state index contributed by atoms with van der Waals surface area (Å²) in [5.41, 5.74) is 0. The number of hydrogen-bond acceptors (Lipinski definition) is 2. The second-order valence-electron chi connectivity index (χ2n) is 6.57. The third-order valence-electron chi connectivity index (χ3n) is 4.66. The Morgan fingerprint density at radius 2 is 1.68 bits per heavy atom. The highest BCUT2D eigenvalue weighted by atomic mass is 16.2. The minimum atomic E-state index is -0.344. The van der Waals surface area contributed by atoms with Crippen LogP contribution in [-0.4, -0.2) is 34.8 Å². The van der Waals surface area contributed by atoms with Crippen LogP contribution in [0.2, 0.25) is 0 Å². The quantitative estimate of drug-likeness (QED) is 0.830. The van der Waals surface area contributed by atoms with Gasteiger partial charge < -0.3 is 10.2 Å². The van der Waals surface area contributed by atoms with Crippen LogP contribution in [0, 0.1) is 11.8 Å². The summed E-state index contributed by atoms with van der Waals surface area (Å²) in [5, 5.41) is 2.86. The summed E-state index contributed by atoms with van der Waals surface area (Å²) in [4.78, 5) is 26.6. The summed E-state index contributed by atoms with van der Waals surface area (Å²) >= 11 is 0. The summed E-state index contributed by atoms with van der Waals surface area (Å²) in [5.74, 6) is 1.01. The first-order chi connectivity index (χ1) is 8.91. The number of carbonyl (C=O) groups is 2. The number of hydrogen-bond donors (Lipinski definition) is 1. The predicted molar refractivity (Wildman–Crippen MR) is 74.5 cm³/mol. The molecule has 19 heavy (non-hydrogen) atoms. The van der Waals surface area contributed by atoms with Crippen LogP contribution in [0.5, 0.6) is 0 Å². The Kier molecular flexibility index (Phi) is 4.16. The molecule has 4 nitrogen and oxygen atoms in total. The van der Waals surface area contributed by atoms with E-state index in [1.165, 1.54) is 0 Å². The maximum Gasteiger partial charge on any atom is 0.246 e. The van der Waals surface area contributed by atoms with E-state index in [0.29, 0.717) is 0 Å². The molecule has 0 spiro atoms. The van der Waals surface area contributed by atoms with Gasteiger partial charge in [-0.3, -0.25) is 9.59 Å². The smallest absolute Gasteiger partial charge is 0.246 e. The van der Waals surface area contributed by atoms with Crippen LogP contribution in [0.3, 0.4) is 0 Å². The molecule has 0 bridgehead atoms. The van der Waals surface area contributed by atoms with Crippen LogP contribution >= 0.6 is 0 Å². The van der Waals surface area contributed by atoms with Gasteiger partial charge >= 0.3 is 0 Å². The highest BCUT2D eigenvalue weighted by Gasteiger charge is 2.43. The predicted octanol–water partition coefficient (Wildman–Crippen LogP) is 1.94. The van der Waals surface area contributed by atoms with E-state index in [0.717, 1.165) is 31.6 Å². The van der Waals surface area contributed by atoms with E-state index in [1.807, 2.05) is 25.7 Å². The Balaban J connectivity index is 2.16. The topological polar surface area (TPSA) is 49.4 Å². The number of piperazine rings is 1. The molecular weight excluding hydrogens is 240 g/mol. The summed E-state index contributed by atoms with van der Waals surface area (Å²) in [7, 11) is 0. The zero-order valence-electron chi connectivity index (χ0n) is 12.5. The fourth-order valence-electron chi connectivity index (χ4n) is 3.28. The van der Waals surface area contributed by atoms with Crippen LogP contribution in [-0.2, 0) is 9.59 Å². The third kappa shape index (κ3) is 2.77. The molecule has 108 valence electrons. The molecule has 2 amide bonds. The van der Waals surface area contributed by atoms with Gasteiger partial charge in [0.25, 0.3) is 0 Å². The van der Waals surface area contributed by atoms with Gasteiger partial charge in [0.1, 0.15) is 12.1 Å². The average Bonchev–Trinajstić information content (AvgIpc) is 2.36. The van der Waals surface area contributed by atoms with Gasteiger partial charge in [0.05, 0.1) is 0 Å². The Hall–Kier alpha value is -1.06. The molecule has 2 atom stereocenters. The van der Waals surface area contributed by atoms with Crippen LogP contribution in [0.15, 0.2) is 0 Å². The lowest BCUT2D eigenvalue weighted by Gasteiger charge is -2.45. The molecular formula is C15H26N2O2. The molecule has 2 fully saturated rings. The normalized spacial score (nSPS) is 36.6. The Morgan fingerprint density at radius 1 is 1.11 bits per heavy atom. The summed E-state index contributed by atoms with van der Waals surface area (Å²) in [6.45, 7) is 8.09. The second-order valence-corrected chi connectivity index (χ2v) is 6.57. The molecule has 0 aromatic carbocycles. The summed E-state index contributed by atoms with van der Waals surface area (Å²) < 4.78 is 0. The van der Waals surface area contributed by atoms with Crippen molar-refractivity contribution >= 4 is 11.8 Å². The molecule has 1 saturated heterocycles. The molecule has 2 rings (SSSR count). The molecule has 2 unspecified atom stereocenters. The molecule has 1 aliphatic heterocycles. The monoisotopic (exact) mass is 266 g/mol. The van der Waals surface area contributed by atoms with Gasteiger partial charge in [-0.1, -0.05) is 20.8 Å². The van der Waals surface area contributed by atoms with Gasteiger partial charge in [0, 0.05) is 6.04 Å². The first kappa shape index (κ1) is 14.4. The van der Waals surface area contributed by atoms with Crippen molar-refractivity contribution in [3.63, 3.8) is 0 Å². The zero-order valence-corrected chi connectivity index (χ0v) is 12.5. The van der Waals surface area contributed by atoms with Gasteiger partial charge in [-0.2, -0.15) is 0 Å². The molecule has 0 aromatic heterocycles. The summed E-state index contributed by atoms with van der Waals surface area (Å²) in [6, 6.07) is -0.407. The van der Waals surface area contributed by atoms with Crippen LogP contribution in [0.4, 0.5) is 0 Å². The van der Waals surface area contributed by atoms with E-state index in [9.17, 15) is 9.59 Å². The van der Waals surface area contributed by atoms with E-state index in [-0.39, 0.29) is 35.9 Å². The lowest BCUT2D eigenvalue weighted by Crippen LogP contribution is -2.66. The lowest BCUT2D eigenvalue weighted by molar-refractivity contribution is -0.153. The highest BCUT2D eigenvalue weighted by Crippen LogP contribution is 2.30. The van der Waals surface area contributed by atoms with E-state index in [1.54, 1.807) is 0 Å². The Labute approximate surface area is 115 Å². The minimum Gasteiger partial charge on any atom is -0.342 e. The van der Waals surface area contributed by atoms with Crippen LogP contribution < -0.4 is 5.32 Å². The number of carbonyl (C=O) groups excluding carboxylic acids is 2. The molecule has 1 heterocycles. The first-order valence-electron chi connectivity index (χ1n) is 7.54. The average molecular weight is 266 g/mol. The SMILES string of the molecule is CC1CCC(N2C(=O)C(C(C)C)NC(=O)C2C)CC1. The summed E-state index contributed by atoms with van der Waals surface area (Å²) in [6.07, 6.45) is 4.40. The van der Waals surface area contributed by atoms with Gasteiger partial charge in [-0.15, -0.1) is 0 Å². The fourth-order valence-corrected chi connectivity index (χ4v) is 3.28. The maximum atomic E-state index is 12.6. The largest absolute Gasteiger partial charge is 0.342 e. The second kappa shape index (κ2) is 5.51. The molecule has 4 heteroatoms. The van der Waals surface area contributed by atoms with Crippen molar-refractivity contribution in [2.45, 2.75) is 71.5 Å². The Bertz CT molecular complexity index is 359. The number of amides is 2. The standard InChI is InChI=1S/C15H26N2O2/c1-9(2)13-15(19)17(11(4)14(18)16-13)12-7-5-10(3)6-8-12/h9-13H,5-8H2,1-4H3,(H,16,18). The molecule has 2 aliphatic rings. The van der Waals surface area contributed by atoms with E-state index >= 15 is 0 Å². The molecule has 1 N–H and O–H groups in total. The van der Waals surface area contributed by atoms with Crippen molar-refractivity contribution in [3.05, 3.63) is 0 Å². The number of nitrogens with one attached hydrogen (secondary N) is 1. The van der Waals surface area contributed by atoms with Gasteiger partial charge in [-0.25, -0.2) is 0 Å². The number of nitrogens with zero attached hydrogens (tertiary/aromatic N) is 1. The van der Waals surface area contributed by atoms with Gasteiger partial charge in [-0.05, 0) is 44.4 Å². The van der Waals surface area contributed by atoms with Crippen molar-refractivity contribution in [2.75, 3.05) is 0 Å². The van der Waals surface area contributed by atoms with Crippen molar-refractivity contribution < 1.29 is 9.59 Å². The third-order valence-corrected chi connectivity index (χ3v) is 4.66. The lowest BCUT2D eigenvalue weighted by atomic mass is 9.84. The van der Waals surface area contributed by atoms with E-state index in [4.69, 9.17) is 0 Å². The first-order valence-corrected chi connectivity index (χ1v) is 7.54. The highest BCUT2D eigenvalue weighted by molar-refractivity contribution is 5.97. The van der Waals surface area contributed by atoms with Crippen LogP contribution in [0.1, 0.15) is 53.4 Å². The molecule has 0 aromatic rings. The van der Waals surface area contributed by atoms with Crippen molar-refractivity contribution in [3.8, 4) is 0 Å². The minimum absolute atomic E-state index is 0.00285. The number of rotatable bonds is 2. The van der Waals surface area contributed by atoms with Crippen molar-refractivity contribution in [1.82, 2.24) is 10.2 Å². The molecule has 1 saturated carbocycles. The Morgan fingerprint density at radius 3 is 2.21 bits per heavy atom. The van der Waals surface area contributed by atoms with Gasteiger partial charge in [0.15, 0.2) is 0 Å². The van der Waals surface area contributed by atoms with E-state index < -0.39 is 0 Å². The molecule has 1 aliphatic carbocycles. The van der Waals surface area contributed by atoms with Crippen molar-refractivity contribution in [1.29, 1.82) is 0 Å². The maximum absolute atomic E-state index is 12.6. The van der Waals surface area contributed by atoms with E-state index in [2.05, 4.69) is 12.2 Å². The molecule has 0 radical (unpaired) electrons. The van der Waals surface area contributed by atoms with Crippen molar-refractivity contribution in [2.24, 2.45) is 11.8 Å². The fraction of sp³-hybridized carbons (Fsp3) is 0.867. The van der Waals surface area contributed by atoms with Crippen LogP contribution in [0.25, 0.3) is 0 Å². The van der Waals surface area contributed by atoms with Gasteiger partial charge in [0.2, 0.25) is 11.8 Å². The zero-order chi connectivity index (χ0) is 14.2.